The summed E-state index contributed by atoms with van der Waals surface area (Å²) in [5.74, 6) is 0.958. The van der Waals surface area contributed by atoms with E-state index in [4.69, 9.17) is 14.2 Å². The second-order valence-electron chi connectivity index (χ2n) is 4.32. The molecule has 4 nitrogen and oxygen atoms in total. The van der Waals surface area contributed by atoms with Gasteiger partial charge in [0, 0.05) is 0 Å². The van der Waals surface area contributed by atoms with Crippen molar-refractivity contribution in [3.63, 3.8) is 0 Å². The van der Waals surface area contributed by atoms with Gasteiger partial charge >= 0.3 is 5.97 Å². The first-order valence-corrected chi connectivity index (χ1v) is 6.26. The summed E-state index contributed by atoms with van der Waals surface area (Å²) in [7, 11) is 1.36. The van der Waals surface area contributed by atoms with Crippen LogP contribution in [0.1, 0.15) is 36.5 Å². The molecule has 1 aromatic carbocycles. The zero-order chi connectivity index (χ0) is 13.0. The molecule has 98 valence electrons. The van der Waals surface area contributed by atoms with Crippen molar-refractivity contribution < 1.29 is 19.0 Å². The fourth-order valence-electron chi connectivity index (χ4n) is 1.54. The number of carbonyl (C=O) groups is 1. The first-order valence-electron chi connectivity index (χ1n) is 6.26. The van der Waals surface area contributed by atoms with Gasteiger partial charge in [0.2, 0.25) is 0 Å². The number of rotatable bonds is 6. The van der Waals surface area contributed by atoms with E-state index in [1.165, 1.54) is 7.11 Å². The number of carbonyl (C=O) groups excluding carboxylic acids is 1. The van der Waals surface area contributed by atoms with Crippen molar-refractivity contribution in [2.45, 2.75) is 32.3 Å². The number of benzene rings is 1. The molecule has 4 heteroatoms. The summed E-state index contributed by atoms with van der Waals surface area (Å²) < 4.78 is 16.1. The summed E-state index contributed by atoms with van der Waals surface area (Å²) in [5.41, 5.74) is 0.478. The lowest BCUT2D eigenvalue weighted by molar-refractivity contribution is 0.0600. The minimum absolute atomic E-state index is 0.304. The number of hydrogen-bond donors (Lipinski definition) is 0. The van der Waals surface area contributed by atoms with Crippen LogP contribution in [-0.2, 0) is 4.74 Å². The first kappa shape index (κ1) is 12.7. The first-order chi connectivity index (χ1) is 8.74. The fraction of sp³-hybridized carbons (Fsp3) is 0.500. The normalized spacial score (nSPS) is 14.1. The number of esters is 1. The van der Waals surface area contributed by atoms with Gasteiger partial charge in [0.1, 0.15) is 0 Å². The van der Waals surface area contributed by atoms with Gasteiger partial charge in [-0.3, -0.25) is 0 Å². The molecule has 1 aromatic rings. The molecule has 0 aromatic heterocycles. The molecule has 1 saturated carbocycles. The minimum Gasteiger partial charge on any atom is -0.490 e. The van der Waals surface area contributed by atoms with Crippen molar-refractivity contribution in [3.05, 3.63) is 23.8 Å². The van der Waals surface area contributed by atoms with Gasteiger partial charge in [-0.15, -0.1) is 0 Å². The van der Waals surface area contributed by atoms with Gasteiger partial charge in [-0.1, -0.05) is 6.92 Å². The molecule has 0 radical (unpaired) electrons. The van der Waals surface area contributed by atoms with E-state index < -0.39 is 0 Å². The molecule has 0 heterocycles. The van der Waals surface area contributed by atoms with E-state index in [9.17, 15) is 4.79 Å². The molecule has 1 aliphatic carbocycles. The number of ether oxygens (including phenoxy) is 3. The Bertz CT molecular complexity index is 424. The standard InChI is InChI=1S/C14H18O4/c1-3-8-17-13-9-10(14(15)16-2)4-7-12(13)18-11-5-6-11/h4,7,9,11H,3,5-6,8H2,1-2H3. The lowest BCUT2D eigenvalue weighted by atomic mass is 10.2. The summed E-state index contributed by atoms with van der Waals surface area (Å²) >= 11 is 0. The van der Waals surface area contributed by atoms with Crippen molar-refractivity contribution in [1.82, 2.24) is 0 Å². The maximum absolute atomic E-state index is 11.5. The Kier molecular flexibility index (Phi) is 4.07. The molecule has 1 fully saturated rings. The van der Waals surface area contributed by atoms with Crippen molar-refractivity contribution in [1.29, 1.82) is 0 Å². The van der Waals surface area contributed by atoms with Crippen LogP contribution in [0.4, 0.5) is 0 Å². The molecular weight excluding hydrogens is 232 g/mol. The average Bonchev–Trinajstić information content (AvgIpc) is 3.20. The van der Waals surface area contributed by atoms with E-state index in [1.807, 2.05) is 6.92 Å². The molecule has 0 unspecified atom stereocenters. The van der Waals surface area contributed by atoms with E-state index in [2.05, 4.69) is 0 Å². The van der Waals surface area contributed by atoms with E-state index >= 15 is 0 Å². The highest BCUT2D eigenvalue weighted by Gasteiger charge is 2.25. The summed E-state index contributed by atoms with van der Waals surface area (Å²) in [6.45, 7) is 2.64. The van der Waals surface area contributed by atoms with Gasteiger partial charge in [-0.2, -0.15) is 0 Å². The van der Waals surface area contributed by atoms with Crippen LogP contribution in [0, 0.1) is 0 Å². The Morgan fingerprint density at radius 1 is 1.33 bits per heavy atom. The Morgan fingerprint density at radius 2 is 2.11 bits per heavy atom. The molecule has 0 bridgehead atoms. The van der Waals surface area contributed by atoms with E-state index in [-0.39, 0.29) is 5.97 Å². The van der Waals surface area contributed by atoms with Crippen molar-refractivity contribution in [2.24, 2.45) is 0 Å². The zero-order valence-electron chi connectivity index (χ0n) is 10.8. The van der Waals surface area contributed by atoms with Crippen molar-refractivity contribution in [3.8, 4) is 11.5 Å². The summed E-state index contributed by atoms with van der Waals surface area (Å²) in [6.07, 6.45) is 3.39. The zero-order valence-corrected chi connectivity index (χ0v) is 10.8. The third kappa shape index (κ3) is 3.15. The van der Waals surface area contributed by atoms with Crippen LogP contribution in [0.25, 0.3) is 0 Å². The third-order valence-electron chi connectivity index (χ3n) is 2.64. The quantitative estimate of drug-likeness (QED) is 0.728. The van der Waals surface area contributed by atoms with Gasteiger partial charge in [0.05, 0.1) is 25.4 Å². The lowest BCUT2D eigenvalue weighted by Gasteiger charge is -2.13. The topological polar surface area (TPSA) is 44.8 Å². The predicted molar refractivity (Wildman–Crippen MR) is 67.2 cm³/mol. The van der Waals surface area contributed by atoms with Gasteiger partial charge < -0.3 is 14.2 Å². The highest BCUT2D eigenvalue weighted by atomic mass is 16.5. The Labute approximate surface area is 107 Å². The summed E-state index contributed by atoms with van der Waals surface area (Å²) in [4.78, 5) is 11.5. The van der Waals surface area contributed by atoms with Gasteiger partial charge in [0.25, 0.3) is 0 Å². The lowest BCUT2D eigenvalue weighted by Crippen LogP contribution is -2.05. The maximum Gasteiger partial charge on any atom is 0.337 e. The molecule has 0 N–H and O–H groups in total. The van der Waals surface area contributed by atoms with Crippen LogP contribution in [0.3, 0.4) is 0 Å². The van der Waals surface area contributed by atoms with Crippen LogP contribution in [0.15, 0.2) is 18.2 Å². The van der Waals surface area contributed by atoms with Crippen LogP contribution >= 0.6 is 0 Å². The van der Waals surface area contributed by atoms with Crippen molar-refractivity contribution in [2.75, 3.05) is 13.7 Å². The third-order valence-corrected chi connectivity index (χ3v) is 2.64. The van der Waals surface area contributed by atoms with Crippen LogP contribution < -0.4 is 9.47 Å². The molecule has 18 heavy (non-hydrogen) atoms. The van der Waals surface area contributed by atoms with E-state index in [1.54, 1.807) is 18.2 Å². The number of methoxy groups -OCH3 is 1. The predicted octanol–water partition coefficient (Wildman–Crippen LogP) is 2.80. The SMILES string of the molecule is CCCOc1cc(C(=O)OC)ccc1OC1CC1. The summed E-state index contributed by atoms with van der Waals surface area (Å²) in [6, 6.07) is 5.15. The Hall–Kier alpha value is -1.71. The van der Waals surface area contributed by atoms with Crippen molar-refractivity contribution >= 4 is 5.97 Å². The van der Waals surface area contributed by atoms with Crippen LogP contribution in [0.5, 0.6) is 11.5 Å². The maximum atomic E-state index is 11.5. The van der Waals surface area contributed by atoms with Crippen LogP contribution in [-0.4, -0.2) is 25.8 Å². The van der Waals surface area contributed by atoms with Crippen LogP contribution in [0.2, 0.25) is 0 Å². The minimum atomic E-state index is -0.366. The highest BCUT2D eigenvalue weighted by Crippen LogP contribution is 2.34. The Morgan fingerprint density at radius 3 is 2.72 bits per heavy atom. The summed E-state index contributed by atoms with van der Waals surface area (Å²) in [5, 5.41) is 0. The molecule has 0 saturated heterocycles. The van der Waals surface area contributed by atoms with E-state index in [0.29, 0.717) is 29.8 Å². The second-order valence-corrected chi connectivity index (χ2v) is 4.32. The molecule has 0 amide bonds. The Balaban J connectivity index is 2.18. The second kappa shape index (κ2) is 5.76. The molecular formula is C14H18O4. The highest BCUT2D eigenvalue weighted by molar-refractivity contribution is 5.90. The van der Waals surface area contributed by atoms with Gasteiger partial charge in [0.15, 0.2) is 11.5 Å². The molecule has 0 spiro atoms. The number of hydrogen-bond acceptors (Lipinski definition) is 4. The fourth-order valence-corrected chi connectivity index (χ4v) is 1.54. The molecule has 1 aliphatic rings. The smallest absolute Gasteiger partial charge is 0.337 e. The molecule has 0 atom stereocenters. The average molecular weight is 250 g/mol. The van der Waals surface area contributed by atoms with E-state index in [0.717, 1.165) is 19.3 Å². The molecule has 0 aliphatic heterocycles. The largest absolute Gasteiger partial charge is 0.490 e. The molecule has 2 rings (SSSR count). The monoisotopic (exact) mass is 250 g/mol. The van der Waals surface area contributed by atoms with Gasteiger partial charge in [-0.25, -0.2) is 4.79 Å². The van der Waals surface area contributed by atoms with Gasteiger partial charge in [-0.05, 0) is 37.5 Å².